The first-order valence-electron chi connectivity index (χ1n) is 6.97. The monoisotopic (exact) mass is 240 g/mol. The minimum Gasteiger partial charge on any atom is -0.367 e. The molecule has 0 aromatic rings. The topological polar surface area (TPSA) is 26.3 Å². The number of ketones is 1. The molecular formula is C15H28O2. The average molecular weight is 240 g/mol. The molecule has 0 radical (unpaired) electrons. The van der Waals surface area contributed by atoms with E-state index in [0.29, 0.717) is 12.0 Å². The second-order valence-corrected chi connectivity index (χ2v) is 6.54. The number of carbonyl (C=O) groups is 1. The zero-order valence-corrected chi connectivity index (χ0v) is 12.1. The first kappa shape index (κ1) is 14.7. The third-order valence-electron chi connectivity index (χ3n) is 4.24. The van der Waals surface area contributed by atoms with E-state index in [0.717, 1.165) is 38.0 Å². The Kier molecular flexibility index (Phi) is 4.77. The van der Waals surface area contributed by atoms with Crippen LogP contribution < -0.4 is 0 Å². The van der Waals surface area contributed by atoms with Crippen LogP contribution in [-0.2, 0) is 9.53 Å². The van der Waals surface area contributed by atoms with Crippen molar-refractivity contribution in [1.82, 2.24) is 0 Å². The minimum absolute atomic E-state index is 0.221. The summed E-state index contributed by atoms with van der Waals surface area (Å²) < 4.78 is 5.89. The van der Waals surface area contributed by atoms with Gasteiger partial charge in [-0.05, 0) is 50.4 Å². The molecule has 0 heterocycles. The summed E-state index contributed by atoms with van der Waals surface area (Å²) in [7, 11) is 0. The molecule has 1 rings (SSSR count). The Morgan fingerprint density at radius 3 is 2.18 bits per heavy atom. The maximum Gasteiger partial charge on any atom is 0.161 e. The van der Waals surface area contributed by atoms with Gasteiger partial charge < -0.3 is 4.74 Å². The van der Waals surface area contributed by atoms with Gasteiger partial charge in [0.15, 0.2) is 5.78 Å². The van der Waals surface area contributed by atoms with E-state index in [1.165, 1.54) is 0 Å². The van der Waals surface area contributed by atoms with Gasteiger partial charge in [-0.25, -0.2) is 0 Å². The van der Waals surface area contributed by atoms with Crippen molar-refractivity contribution in [1.29, 1.82) is 0 Å². The van der Waals surface area contributed by atoms with Gasteiger partial charge in [-0.1, -0.05) is 27.7 Å². The third-order valence-corrected chi connectivity index (χ3v) is 4.24. The summed E-state index contributed by atoms with van der Waals surface area (Å²) in [5.41, 5.74) is -0.106. The molecule has 0 aromatic heterocycles. The Morgan fingerprint density at radius 1 is 1.29 bits per heavy atom. The molecule has 1 saturated carbocycles. The molecule has 100 valence electrons. The molecule has 0 N–H and O–H groups in total. The van der Waals surface area contributed by atoms with Crippen molar-refractivity contribution >= 4 is 5.78 Å². The van der Waals surface area contributed by atoms with E-state index in [9.17, 15) is 4.79 Å². The van der Waals surface area contributed by atoms with Crippen molar-refractivity contribution < 1.29 is 9.53 Å². The maximum atomic E-state index is 11.9. The van der Waals surface area contributed by atoms with Gasteiger partial charge in [0, 0.05) is 6.61 Å². The molecule has 1 aliphatic carbocycles. The smallest absolute Gasteiger partial charge is 0.161 e. The second kappa shape index (κ2) is 5.51. The van der Waals surface area contributed by atoms with Crippen molar-refractivity contribution in [2.24, 2.45) is 11.3 Å². The second-order valence-electron chi connectivity index (χ2n) is 6.54. The van der Waals surface area contributed by atoms with Crippen LogP contribution >= 0.6 is 0 Å². The third kappa shape index (κ3) is 3.54. The van der Waals surface area contributed by atoms with Gasteiger partial charge in [-0.3, -0.25) is 4.79 Å². The lowest BCUT2D eigenvalue weighted by Gasteiger charge is -2.42. The minimum atomic E-state index is -0.461. The SMILES string of the molecule is CCCOC1(C(C)=O)CCC(C(C)(C)C)CC1. The fourth-order valence-corrected chi connectivity index (χ4v) is 2.85. The van der Waals surface area contributed by atoms with E-state index in [4.69, 9.17) is 4.74 Å². The van der Waals surface area contributed by atoms with Crippen LogP contribution in [0.3, 0.4) is 0 Å². The van der Waals surface area contributed by atoms with Gasteiger partial charge in [-0.2, -0.15) is 0 Å². The van der Waals surface area contributed by atoms with Gasteiger partial charge in [0.25, 0.3) is 0 Å². The fraction of sp³-hybridized carbons (Fsp3) is 0.933. The van der Waals surface area contributed by atoms with Crippen molar-refractivity contribution in [3.8, 4) is 0 Å². The first-order chi connectivity index (χ1) is 7.82. The number of ether oxygens (including phenoxy) is 1. The number of hydrogen-bond donors (Lipinski definition) is 0. The van der Waals surface area contributed by atoms with Gasteiger partial charge in [0.05, 0.1) is 0 Å². The Balaban J connectivity index is 2.64. The highest BCUT2D eigenvalue weighted by Gasteiger charge is 2.42. The summed E-state index contributed by atoms with van der Waals surface area (Å²) in [6.07, 6.45) is 5.03. The predicted octanol–water partition coefficient (Wildman–Crippen LogP) is 3.98. The van der Waals surface area contributed by atoms with Gasteiger partial charge in [0.1, 0.15) is 5.60 Å². The number of carbonyl (C=O) groups excluding carboxylic acids is 1. The standard InChI is InChI=1S/C15H28O2/c1-6-11-17-15(12(2)16)9-7-13(8-10-15)14(3,4)5/h13H,6-11H2,1-5H3. The zero-order valence-electron chi connectivity index (χ0n) is 12.1. The summed E-state index contributed by atoms with van der Waals surface area (Å²) in [6.45, 7) is 11.4. The number of Topliss-reactive ketones (excluding diaryl/α,β-unsaturated/α-hetero) is 1. The van der Waals surface area contributed by atoms with Crippen LogP contribution in [-0.4, -0.2) is 18.0 Å². The van der Waals surface area contributed by atoms with Crippen LogP contribution in [0, 0.1) is 11.3 Å². The molecule has 2 nitrogen and oxygen atoms in total. The molecule has 0 aromatic carbocycles. The Bertz CT molecular complexity index is 255. The molecule has 0 amide bonds. The van der Waals surface area contributed by atoms with Crippen LogP contribution in [0.2, 0.25) is 0 Å². The van der Waals surface area contributed by atoms with Gasteiger partial charge >= 0.3 is 0 Å². The molecule has 0 bridgehead atoms. The zero-order chi connectivity index (χ0) is 13.1. The predicted molar refractivity (Wildman–Crippen MR) is 71.1 cm³/mol. The quantitative estimate of drug-likeness (QED) is 0.743. The largest absolute Gasteiger partial charge is 0.367 e. The summed E-state index contributed by atoms with van der Waals surface area (Å²) in [5, 5.41) is 0. The Morgan fingerprint density at radius 2 is 1.82 bits per heavy atom. The highest BCUT2D eigenvalue weighted by atomic mass is 16.5. The van der Waals surface area contributed by atoms with E-state index in [1.54, 1.807) is 6.92 Å². The van der Waals surface area contributed by atoms with E-state index in [2.05, 4.69) is 27.7 Å². The lowest BCUT2D eigenvalue weighted by atomic mass is 9.67. The molecule has 17 heavy (non-hydrogen) atoms. The Labute approximate surface area is 106 Å². The van der Waals surface area contributed by atoms with Gasteiger partial charge in [-0.15, -0.1) is 0 Å². The Hall–Kier alpha value is -0.370. The summed E-state index contributed by atoms with van der Waals surface area (Å²) in [5.74, 6) is 0.943. The molecule has 1 fully saturated rings. The molecular weight excluding hydrogens is 212 g/mol. The van der Waals surface area contributed by atoms with Gasteiger partial charge in [0.2, 0.25) is 0 Å². The van der Waals surface area contributed by atoms with Crippen LogP contribution in [0.1, 0.15) is 66.7 Å². The first-order valence-corrected chi connectivity index (χ1v) is 6.97. The molecule has 0 saturated heterocycles. The summed E-state index contributed by atoms with van der Waals surface area (Å²) >= 11 is 0. The molecule has 0 aliphatic heterocycles. The molecule has 2 heteroatoms. The van der Waals surface area contributed by atoms with Crippen LogP contribution in [0.15, 0.2) is 0 Å². The summed E-state index contributed by atoms with van der Waals surface area (Å²) in [4.78, 5) is 11.9. The van der Waals surface area contributed by atoms with E-state index >= 15 is 0 Å². The molecule has 0 spiro atoms. The van der Waals surface area contributed by atoms with E-state index in [1.807, 2.05) is 0 Å². The maximum absolute atomic E-state index is 11.9. The van der Waals surface area contributed by atoms with Crippen LogP contribution in [0.5, 0.6) is 0 Å². The van der Waals surface area contributed by atoms with E-state index < -0.39 is 5.60 Å². The van der Waals surface area contributed by atoms with Crippen LogP contribution in [0.25, 0.3) is 0 Å². The van der Waals surface area contributed by atoms with Crippen molar-refractivity contribution in [3.63, 3.8) is 0 Å². The van der Waals surface area contributed by atoms with E-state index in [-0.39, 0.29) is 5.78 Å². The van der Waals surface area contributed by atoms with Crippen LogP contribution in [0.4, 0.5) is 0 Å². The molecule has 0 atom stereocenters. The molecule has 0 unspecified atom stereocenters. The van der Waals surface area contributed by atoms with Crippen molar-refractivity contribution in [2.45, 2.75) is 72.3 Å². The summed E-state index contributed by atoms with van der Waals surface area (Å²) in [6, 6.07) is 0. The lowest BCUT2D eigenvalue weighted by Crippen LogP contribution is -2.45. The lowest BCUT2D eigenvalue weighted by molar-refractivity contribution is -0.150. The highest BCUT2D eigenvalue weighted by molar-refractivity contribution is 5.85. The molecule has 1 aliphatic rings. The number of hydrogen-bond acceptors (Lipinski definition) is 2. The number of rotatable bonds is 4. The highest BCUT2D eigenvalue weighted by Crippen LogP contribution is 2.43. The van der Waals surface area contributed by atoms with Crippen molar-refractivity contribution in [3.05, 3.63) is 0 Å². The fourth-order valence-electron chi connectivity index (χ4n) is 2.85. The van der Waals surface area contributed by atoms with Crippen molar-refractivity contribution in [2.75, 3.05) is 6.61 Å². The average Bonchev–Trinajstić information content (AvgIpc) is 2.25. The normalized spacial score (nSPS) is 30.3.